The van der Waals surface area contributed by atoms with Gasteiger partial charge in [0, 0.05) is 55.7 Å². The second kappa shape index (κ2) is 12.9. The molecule has 0 bridgehead atoms. The van der Waals surface area contributed by atoms with Crippen LogP contribution in [0.5, 0.6) is 0 Å². The highest BCUT2D eigenvalue weighted by Crippen LogP contribution is 2.66. The Bertz CT molecular complexity index is 3970. The van der Waals surface area contributed by atoms with Gasteiger partial charge in [-0.25, -0.2) is 0 Å². The van der Waals surface area contributed by atoms with E-state index in [9.17, 15) is 0 Å². The topological polar surface area (TPSA) is 9.86 Å². The van der Waals surface area contributed by atoms with Gasteiger partial charge >= 0.3 is 0 Å². The summed E-state index contributed by atoms with van der Waals surface area (Å²) >= 11 is 0. The normalized spacial score (nSPS) is 19.1. The number of hydrogen-bond acceptors (Lipinski definition) is 0. The molecule has 15 rings (SSSR count). The molecule has 0 fully saturated rings. The summed E-state index contributed by atoms with van der Waals surface area (Å²) in [5.41, 5.74) is 23.3. The molecule has 3 atom stereocenters. The zero-order chi connectivity index (χ0) is 43.5. The van der Waals surface area contributed by atoms with Crippen LogP contribution < -0.4 is 0 Å². The Hall–Kier alpha value is -7.94. The Morgan fingerprint density at radius 2 is 0.985 bits per heavy atom. The number of benzene rings is 9. The fourth-order valence-corrected chi connectivity index (χ4v) is 13.5. The van der Waals surface area contributed by atoms with Crippen molar-refractivity contribution in [2.24, 2.45) is 5.92 Å². The fraction of sp³-hybridized carbons (Fsp3) is 0.0938. The summed E-state index contributed by atoms with van der Waals surface area (Å²) in [5.74, 6) is 0.608. The average Bonchev–Trinajstić information content (AvgIpc) is 4.12. The van der Waals surface area contributed by atoms with Crippen molar-refractivity contribution in [3.8, 4) is 44.8 Å². The summed E-state index contributed by atoms with van der Waals surface area (Å²) in [6.45, 7) is 4.75. The third kappa shape index (κ3) is 4.47. The smallest absolute Gasteiger partial charge is 0.0622 e. The Balaban J connectivity index is 0.987. The number of hydrogen-bond donors (Lipinski definition) is 0. The molecule has 11 aromatic rings. The molecule has 4 aliphatic carbocycles. The average molecular weight is 841 g/mol. The van der Waals surface area contributed by atoms with Crippen molar-refractivity contribution >= 4 is 43.6 Å². The van der Waals surface area contributed by atoms with Gasteiger partial charge in [-0.15, -0.1) is 0 Å². The maximum atomic E-state index is 2.55. The lowest BCUT2D eigenvalue weighted by atomic mass is 9.65. The largest absolute Gasteiger partial charge is 0.309 e. The molecular formula is C64H44N2. The standard InChI is InChI=1S/C64H44N2/c1-63(2)52-25-13-9-23-45(52)48-37-51-50-36-40(29-33-58(50)65(60(51)38-57(48)63)41-17-5-3-6-18-41)39-30-34-59-49(35-39)46-31-32-56-61(62(46)66(59)42-19-7-4-8-20-42)47-24-12-16-28-55(47)64(56)53-26-14-10-21-43(53)44-22-11-15-27-54(44)64/h3-38,43,53H,1-2H3/t43?,53?,64-/m0/s1. The van der Waals surface area contributed by atoms with Crippen molar-refractivity contribution in [1.29, 1.82) is 0 Å². The summed E-state index contributed by atoms with van der Waals surface area (Å²) in [6.07, 6.45) is 9.45. The van der Waals surface area contributed by atoms with E-state index in [-0.39, 0.29) is 16.7 Å². The molecule has 310 valence electrons. The lowest BCUT2D eigenvalue weighted by molar-refractivity contribution is 0.466. The highest BCUT2D eigenvalue weighted by molar-refractivity contribution is 6.17. The predicted octanol–water partition coefficient (Wildman–Crippen LogP) is 16.0. The summed E-state index contributed by atoms with van der Waals surface area (Å²) < 4.78 is 5.02. The van der Waals surface area contributed by atoms with Gasteiger partial charge < -0.3 is 9.13 Å². The molecular weight excluding hydrogens is 797 g/mol. The molecule has 2 aromatic heterocycles. The fourth-order valence-electron chi connectivity index (χ4n) is 13.5. The first-order valence-electron chi connectivity index (χ1n) is 23.5. The van der Waals surface area contributed by atoms with E-state index >= 15 is 0 Å². The van der Waals surface area contributed by atoms with Crippen LogP contribution in [0.15, 0.2) is 218 Å². The predicted molar refractivity (Wildman–Crippen MR) is 274 cm³/mol. The number of nitrogens with zero attached hydrogens (tertiary/aromatic N) is 2. The molecule has 2 heteroatoms. The minimum Gasteiger partial charge on any atom is -0.309 e. The molecule has 0 saturated carbocycles. The molecule has 2 unspecified atom stereocenters. The van der Waals surface area contributed by atoms with Gasteiger partial charge in [-0.1, -0.05) is 172 Å². The molecule has 66 heavy (non-hydrogen) atoms. The first-order valence-corrected chi connectivity index (χ1v) is 23.5. The van der Waals surface area contributed by atoms with Gasteiger partial charge in [0.2, 0.25) is 0 Å². The van der Waals surface area contributed by atoms with Gasteiger partial charge in [0.25, 0.3) is 0 Å². The molecule has 2 nitrogen and oxygen atoms in total. The number of fused-ring (bicyclic) bond motifs is 20. The van der Waals surface area contributed by atoms with Crippen LogP contribution in [0.4, 0.5) is 0 Å². The van der Waals surface area contributed by atoms with Crippen LogP contribution >= 0.6 is 0 Å². The van der Waals surface area contributed by atoms with Crippen molar-refractivity contribution in [2.45, 2.75) is 30.6 Å². The van der Waals surface area contributed by atoms with Crippen molar-refractivity contribution in [1.82, 2.24) is 9.13 Å². The number of aromatic nitrogens is 2. The Morgan fingerprint density at radius 3 is 1.74 bits per heavy atom. The second-order valence-electron chi connectivity index (χ2n) is 19.5. The van der Waals surface area contributed by atoms with Crippen molar-refractivity contribution in [3.05, 3.63) is 252 Å². The molecule has 1 spiro atoms. The molecule has 0 aliphatic heterocycles. The maximum Gasteiger partial charge on any atom is 0.0622 e. The zero-order valence-corrected chi connectivity index (χ0v) is 36.8. The quantitative estimate of drug-likeness (QED) is 0.168. The first kappa shape index (κ1) is 36.4. The highest BCUT2D eigenvalue weighted by Gasteiger charge is 2.57. The van der Waals surface area contributed by atoms with Gasteiger partial charge in [-0.3, -0.25) is 0 Å². The van der Waals surface area contributed by atoms with Crippen LogP contribution in [0.1, 0.15) is 53.1 Å². The summed E-state index contributed by atoms with van der Waals surface area (Å²) in [4.78, 5) is 0. The number of para-hydroxylation sites is 2. The van der Waals surface area contributed by atoms with E-state index in [1.807, 2.05) is 0 Å². The third-order valence-corrected chi connectivity index (χ3v) is 16.2. The van der Waals surface area contributed by atoms with Crippen molar-refractivity contribution in [3.63, 3.8) is 0 Å². The van der Waals surface area contributed by atoms with E-state index in [1.165, 1.54) is 122 Å². The van der Waals surface area contributed by atoms with Crippen LogP contribution in [0, 0.1) is 5.92 Å². The maximum absolute atomic E-state index is 2.55. The molecule has 4 aliphatic rings. The minimum atomic E-state index is -0.294. The van der Waals surface area contributed by atoms with Gasteiger partial charge in [0.15, 0.2) is 0 Å². The van der Waals surface area contributed by atoms with Gasteiger partial charge in [0.1, 0.15) is 0 Å². The van der Waals surface area contributed by atoms with Crippen LogP contribution in [0.25, 0.3) is 88.4 Å². The molecule has 0 radical (unpaired) electrons. The van der Waals surface area contributed by atoms with E-state index in [2.05, 4.69) is 241 Å². The van der Waals surface area contributed by atoms with Gasteiger partial charge in [-0.05, 0) is 122 Å². The van der Waals surface area contributed by atoms with Gasteiger partial charge in [0.05, 0.1) is 27.5 Å². The van der Waals surface area contributed by atoms with Crippen molar-refractivity contribution < 1.29 is 0 Å². The molecule has 0 amide bonds. The molecule has 0 N–H and O–H groups in total. The first-order chi connectivity index (χ1) is 32.5. The lowest BCUT2D eigenvalue weighted by Crippen LogP contribution is -2.32. The molecule has 0 saturated heterocycles. The summed E-state index contributed by atoms with van der Waals surface area (Å²) in [5, 5.41) is 5.10. The van der Waals surface area contributed by atoms with Crippen LogP contribution in [0.3, 0.4) is 0 Å². The van der Waals surface area contributed by atoms with Crippen LogP contribution in [-0.4, -0.2) is 9.13 Å². The summed E-state index contributed by atoms with van der Waals surface area (Å²) in [7, 11) is 0. The van der Waals surface area contributed by atoms with Crippen molar-refractivity contribution in [2.75, 3.05) is 0 Å². The molecule has 9 aromatic carbocycles. The van der Waals surface area contributed by atoms with Gasteiger partial charge in [-0.2, -0.15) is 0 Å². The Morgan fingerprint density at radius 1 is 0.394 bits per heavy atom. The van der Waals surface area contributed by atoms with Crippen LogP contribution in [0.2, 0.25) is 0 Å². The van der Waals surface area contributed by atoms with E-state index in [0.29, 0.717) is 5.92 Å². The molecule has 2 heterocycles. The van der Waals surface area contributed by atoms with E-state index in [0.717, 1.165) is 0 Å². The Kier molecular flexibility index (Phi) is 7.10. The van der Waals surface area contributed by atoms with E-state index < -0.39 is 0 Å². The lowest BCUT2D eigenvalue weighted by Gasteiger charge is -2.36. The number of allylic oxidation sites excluding steroid dienone is 4. The summed E-state index contributed by atoms with van der Waals surface area (Å²) in [6, 6.07) is 73.6. The third-order valence-electron chi connectivity index (χ3n) is 16.2. The minimum absolute atomic E-state index is 0.0886. The monoisotopic (exact) mass is 840 g/mol. The zero-order valence-electron chi connectivity index (χ0n) is 36.8. The number of rotatable bonds is 3. The SMILES string of the molecule is CC1(C)c2ccccc2-c2cc3c4cc(-c5ccc6c(c5)c5ccc7c(c5n6-c5ccccc5)-c5ccccc5[C@]75c6ccccc6C6C=CC=CC65)ccc4n(-c4ccccc4)c3cc21. The van der Waals surface area contributed by atoms with E-state index in [1.54, 1.807) is 0 Å². The van der Waals surface area contributed by atoms with E-state index in [4.69, 9.17) is 0 Å². The Labute approximate surface area is 384 Å². The highest BCUT2D eigenvalue weighted by atomic mass is 15.0. The van der Waals surface area contributed by atoms with Crippen LogP contribution in [-0.2, 0) is 10.8 Å². The second-order valence-corrected chi connectivity index (χ2v) is 19.5.